The maximum atomic E-state index is 13.1. The summed E-state index contributed by atoms with van der Waals surface area (Å²) < 4.78 is 82.4. The maximum absolute atomic E-state index is 13.1. The molecule has 1 rings (SSSR count). The van der Waals surface area contributed by atoms with Crippen LogP contribution in [0.5, 0.6) is 11.5 Å². The van der Waals surface area contributed by atoms with Crippen LogP contribution in [0.25, 0.3) is 6.08 Å². The Bertz CT molecular complexity index is 988. The molecule has 33 heavy (non-hydrogen) atoms. The van der Waals surface area contributed by atoms with E-state index in [2.05, 4.69) is 15.5 Å². The second kappa shape index (κ2) is 12.2. The minimum absolute atomic E-state index is 0.0540. The first kappa shape index (κ1) is 28.6. The van der Waals surface area contributed by atoms with Gasteiger partial charge in [-0.3, -0.25) is 4.79 Å². The molecule has 0 heterocycles. The van der Waals surface area contributed by atoms with Crippen LogP contribution in [0.1, 0.15) is 30.9 Å². The highest BCUT2D eigenvalue weighted by Crippen LogP contribution is 2.36. The zero-order chi connectivity index (χ0) is 25.4. The van der Waals surface area contributed by atoms with Crippen molar-refractivity contribution in [1.82, 2.24) is 0 Å². The summed E-state index contributed by atoms with van der Waals surface area (Å²) in [5.41, 5.74) is -4.49. The van der Waals surface area contributed by atoms with Gasteiger partial charge in [-0.05, 0) is 55.0 Å². The normalized spacial score (nSPS) is 13.6. The molecular weight excluding hydrogens is 489 g/mol. The van der Waals surface area contributed by atoms with Gasteiger partial charge in [0, 0.05) is 5.88 Å². The highest BCUT2D eigenvalue weighted by Gasteiger charge is 2.49. The molecule has 0 N–H and O–H groups in total. The Hall–Kier alpha value is -2.40. The van der Waals surface area contributed by atoms with Crippen LogP contribution in [0.15, 0.2) is 30.0 Å². The molecule has 12 heteroatoms. The highest BCUT2D eigenvalue weighted by atomic mass is 35.5. The fourth-order valence-corrected chi connectivity index (χ4v) is 3.70. The Morgan fingerprint density at radius 2 is 1.76 bits per heavy atom. The molecule has 186 valence electrons. The lowest BCUT2D eigenvalue weighted by Crippen LogP contribution is -2.29. The molecule has 0 aliphatic heterocycles. The van der Waals surface area contributed by atoms with Gasteiger partial charge in [-0.15, -0.1) is 11.6 Å². The second-order valence-electron chi connectivity index (χ2n) is 6.78. The number of hydrogen-bond acceptors (Lipinski definition) is 7. The number of halogens is 4. The summed E-state index contributed by atoms with van der Waals surface area (Å²) in [6.07, 6.45) is 1.74. The second-order valence-corrected chi connectivity index (χ2v) is 8.69. The standard InChI is InChI=1S/C21H26ClF3O7S/c1-6-14-11-17(29-3)18(30-4)12-16(14)10-15(8-7-9-22)19(13(2)20(26)31-5)32-33(27,28)21(23,24)25/h6,11-13H,1,7-10H2,2-5H3/b19-15+. The Morgan fingerprint density at radius 1 is 1.18 bits per heavy atom. The van der Waals surface area contributed by atoms with Crippen molar-refractivity contribution in [3.63, 3.8) is 0 Å². The molecule has 0 aliphatic rings. The molecule has 0 aliphatic carbocycles. The lowest BCUT2D eigenvalue weighted by molar-refractivity contribution is -0.144. The van der Waals surface area contributed by atoms with Crippen LogP contribution in [0.2, 0.25) is 0 Å². The van der Waals surface area contributed by atoms with E-state index in [1.165, 1.54) is 27.2 Å². The number of benzene rings is 1. The van der Waals surface area contributed by atoms with Crippen molar-refractivity contribution in [3.05, 3.63) is 41.2 Å². The van der Waals surface area contributed by atoms with Crippen molar-refractivity contribution >= 4 is 33.8 Å². The Balaban J connectivity index is 3.77. The predicted molar refractivity (Wildman–Crippen MR) is 118 cm³/mol. The van der Waals surface area contributed by atoms with Crippen LogP contribution in [0.3, 0.4) is 0 Å². The number of ether oxygens (including phenoxy) is 3. The van der Waals surface area contributed by atoms with E-state index in [-0.39, 0.29) is 30.7 Å². The van der Waals surface area contributed by atoms with Crippen molar-refractivity contribution in [2.24, 2.45) is 5.92 Å². The molecule has 1 aromatic rings. The van der Waals surface area contributed by atoms with Gasteiger partial charge in [-0.25, -0.2) is 0 Å². The molecule has 0 radical (unpaired) electrons. The van der Waals surface area contributed by atoms with E-state index in [9.17, 15) is 26.4 Å². The average molecular weight is 515 g/mol. The third-order valence-corrected chi connectivity index (χ3v) is 5.89. The van der Waals surface area contributed by atoms with Gasteiger partial charge in [0.05, 0.1) is 21.3 Å². The largest absolute Gasteiger partial charge is 0.534 e. The Kier molecular flexibility index (Phi) is 10.6. The van der Waals surface area contributed by atoms with Gasteiger partial charge < -0.3 is 18.4 Å². The summed E-state index contributed by atoms with van der Waals surface area (Å²) in [6.45, 7) is 4.91. The number of carbonyl (C=O) groups excluding carboxylic acids is 1. The first-order valence-electron chi connectivity index (χ1n) is 9.60. The SMILES string of the molecule is C=Cc1cc(OC)c(OC)cc1C/C(CCCCl)=C(/OS(=O)(=O)C(F)(F)F)C(C)C(=O)OC. The fourth-order valence-electron chi connectivity index (χ4n) is 2.98. The smallest absolute Gasteiger partial charge is 0.493 e. The van der Waals surface area contributed by atoms with Gasteiger partial charge in [0.25, 0.3) is 0 Å². The van der Waals surface area contributed by atoms with E-state index in [0.29, 0.717) is 22.6 Å². The van der Waals surface area contributed by atoms with Gasteiger partial charge in [0.15, 0.2) is 11.5 Å². The minimum Gasteiger partial charge on any atom is -0.493 e. The Labute approximate surface area is 196 Å². The summed E-state index contributed by atoms with van der Waals surface area (Å²) in [5, 5.41) is 0. The van der Waals surface area contributed by atoms with Crippen molar-refractivity contribution in [2.75, 3.05) is 27.2 Å². The monoisotopic (exact) mass is 514 g/mol. The van der Waals surface area contributed by atoms with E-state index < -0.39 is 33.3 Å². The molecule has 0 fully saturated rings. The third-order valence-electron chi connectivity index (χ3n) is 4.66. The van der Waals surface area contributed by atoms with Gasteiger partial charge in [-0.1, -0.05) is 12.7 Å². The van der Waals surface area contributed by atoms with Crippen molar-refractivity contribution < 1.29 is 44.8 Å². The fraction of sp³-hybridized carbons (Fsp3) is 0.476. The summed E-state index contributed by atoms with van der Waals surface area (Å²) in [6, 6.07) is 3.19. The molecule has 0 saturated carbocycles. The number of esters is 1. The van der Waals surface area contributed by atoms with Gasteiger partial charge in [0.2, 0.25) is 0 Å². The van der Waals surface area contributed by atoms with E-state index in [1.54, 1.807) is 12.1 Å². The predicted octanol–water partition coefficient (Wildman–Crippen LogP) is 4.84. The summed E-state index contributed by atoms with van der Waals surface area (Å²) in [5.74, 6) is -2.22. The number of alkyl halides is 4. The molecular formula is C21H26ClF3O7S. The quantitative estimate of drug-likeness (QED) is 0.130. The lowest BCUT2D eigenvalue weighted by atomic mass is 9.92. The van der Waals surface area contributed by atoms with Crippen LogP contribution in [0.4, 0.5) is 13.2 Å². The first-order chi connectivity index (χ1) is 15.4. The summed E-state index contributed by atoms with van der Waals surface area (Å²) in [4.78, 5) is 12.1. The highest BCUT2D eigenvalue weighted by molar-refractivity contribution is 7.87. The summed E-state index contributed by atoms with van der Waals surface area (Å²) >= 11 is 5.77. The van der Waals surface area contributed by atoms with E-state index >= 15 is 0 Å². The molecule has 0 bridgehead atoms. The number of carbonyl (C=O) groups is 1. The molecule has 0 aromatic heterocycles. The zero-order valence-electron chi connectivity index (χ0n) is 18.6. The molecule has 1 unspecified atom stereocenters. The number of methoxy groups -OCH3 is 3. The van der Waals surface area contributed by atoms with Crippen LogP contribution in [0, 0.1) is 5.92 Å². The Morgan fingerprint density at radius 3 is 2.21 bits per heavy atom. The zero-order valence-corrected chi connectivity index (χ0v) is 20.2. The topological polar surface area (TPSA) is 88.1 Å². The molecule has 1 aromatic carbocycles. The lowest BCUT2D eigenvalue weighted by Gasteiger charge is -2.22. The van der Waals surface area contributed by atoms with Crippen molar-refractivity contribution in [1.29, 1.82) is 0 Å². The van der Waals surface area contributed by atoms with Crippen molar-refractivity contribution in [2.45, 2.75) is 31.7 Å². The van der Waals surface area contributed by atoms with E-state index in [4.69, 9.17) is 21.1 Å². The van der Waals surface area contributed by atoms with E-state index in [0.717, 1.165) is 7.11 Å². The van der Waals surface area contributed by atoms with Gasteiger partial charge in [-0.2, -0.15) is 21.6 Å². The van der Waals surface area contributed by atoms with Crippen molar-refractivity contribution in [3.8, 4) is 11.5 Å². The van der Waals surface area contributed by atoms with Gasteiger partial charge >= 0.3 is 21.6 Å². The molecule has 1 atom stereocenters. The maximum Gasteiger partial charge on any atom is 0.534 e. The summed E-state index contributed by atoms with van der Waals surface area (Å²) in [7, 11) is -2.18. The van der Waals surface area contributed by atoms with Gasteiger partial charge in [0.1, 0.15) is 11.7 Å². The first-order valence-corrected chi connectivity index (χ1v) is 11.5. The van der Waals surface area contributed by atoms with Crippen LogP contribution in [-0.2, 0) is 30.3 Å². The molecule has 0 spiro atoms. The van der Waals surface area contributed by atoms with Crippen LogP contribution >= 0.6 is 11.6 Å². The third kappa shape index (κ3) is 7.29. The average Bonchev–Trinajstić information content (AvgIpc) is 2.77. The minimum atomic E-state index is -6.05. The number of allylic oxidation sites excluding steroid dienone is 1. The van der Waals surface area contributed by atoms with Crippen LogP contribution in [-0.4, -0.2) is 47.1 Å². The van der Waals surface area contributed by atoms with Crippen LogP contribution < -0.4 is 9.47 Å². The molecule has 7 nitrogen and oxygen atoms in total. The van der Waals surface area contributed by atoms with E-state index in [1.807, 2.05) is 0 Å². The molecule has 0 saturated heterocycles. The number of hydrogen-bond donors (Lipinski definition) is 0. The molecule has 0 amide bonds. The number of rotatable bonds is 12.